The van der Waals surface area contributed by atoms with Gasteiger partial charge in [-0.25, -0.2) is 9.97 Å². The van der Waals surface area contributed by atoms with E-state index in [2.05, 4.69) is 100 Å². The summed E-state index contributed by atoms with van der Waals surface area (Å²) in [6.45, 7) is 12.8. The van der Waals surface area contributed by atoms with E-state index < -0.39 is 0 Å². The fourth-order valence-corrected chi connectivity index (χ4v) is 5.73. The summed E-state index contributed by atoms with van der Waals surface area (Å²) < 4.78 is 13.4. The number of benzene rings is 2. The number of pyridine rings is 4. The van der Waals surface area contributed by atoms with Crippen LogP contribution in [0.5, 0.6) is 0 Å². The summed E-state index contributed by atoms with van der Waals surface area (Å²) in [4.78, 5) is 23.6. The van der Waals surface area contributed by atoms with Gasteiger partial charge in [0.25, 0.3) is 11.8 Å². The lowest BCUT2D eigenvalue weighted by Gasteiger charge is -2.24. The van der Waals surface area contributed by atoms with Crippen LogP contribution < -0.4 is 9.80 Å². The minimum atomic E-state index is -0.277. The summed E-state index contributed by atoms with van der Waals surface area (Å²) in [6, 6.07) is 24.5. The summed E-state index contributed by atoms with van der Waals surface area (Å²) in [6.07, 6.45) is 7.63. The van der Waals surface area contributed by atoms with Gasteiger partial charge in [-0.1, -0.05) is 77.9 Å². The Morgan fingerprint density at radius 3 is 1.24 bits per heavy atom. The minimum absolute atomic E-state index is 0.277. The molecule has 6 aromatic rings. The molecule has 46 heavy (non-hydrogen) atoms. The highest BCUT2D eigenvalue weighted by molar-refractivity contribution is 6.04. The molecule has 4 aromatic heterocycles. The van der Waals surface area contributed by atoms with Gasteiger partial charge in [-0.05, 0) is 36.4 Å². The minimum Gasteiger partial charge on any atom is -0.438 e. The van der Waals surface area contributed by atoms with Crippen molar-refractivity contribution in [3.63, 3.8) is 0 Å². The zero-order valence-corrected chi connectivity index (χ0v) is 26.7. The third kappa shape index (κ3) is 4.60. The third-order valence-corrected chi connectivity index (χ3v) is 8.33. The lowest BCUT2D eigenvalue weighted by Crippen LogP contribution is -2.23. The Labute approximate surface area is 267 Å². The number of hydrogen-bond donors (Lipinski definition) is 0. The predicted molar refractivity (Wildman–Crippen MR) is 183 cm³/mol. The summed E-state index contributed by atoms with van der Waals surface area (Å²) in [5.41, 5.74) is 2.81. The number of rotatable bonds is 2. The van der Waals surface area contributed by atoms with Crippen LogP contribution in [0.3, 0.4) is 0 Å². The van der Waals surface area contributed by atoms with Gasteiger partial charge in [0.2, 0.25) is 0 Å². The molecule has 2 aliphatic rings. The molecule has 0 radical (unpaired) electrons. The maximum atomic E-state index is 6.72. The first-order valence-electron chi connectivity index (χ1n) is 15.5. The van der Waals surface area contributed by atoms with E-state index >= 15 is 0 Å². The second kappa shape index (κ2) is 10.0. The highest BCUT2D eigenvalue weighted by atomic mass is 16.6. The van der Waals surface area contributed by atoms with E-state index in [-0.39, 0.29) is 10.8 Å². The van der Waals surface area contributed by atoms with E-state index in [1.807, 2.05) is 46.5 Å². The third-order valence-electron chi connectivity index (χ3n) is 8.33. The number of aromatic nitrogens is 4. The molecule has 0 aliphatic carbocycles. The summed E-state index contributed by atoms with van der Waals surface area (Å²) in [5.74, 6) is 4.00. The van der Waals surface area contributed by atoms with Crippen LogP contribution in [-0.4, -0.2) is 19.9 Å². The zero-order valence-electron chi connectivity index (χ0n) is 26.7. The van der Waals surface area contributed by atoms with E-state index in [4.69, 9.17) is 19.4 Å². The molecule has 8 heteroatoms. The predicted octanol–water partition coefficient (Wildman–Crippen LogP) is 9.15. The molecule has 0 saturated heterocycles. The van der Waals surface area contributed by atoms with Crippen LogP contribution >= 0.6 is 0 Å². The maximum Gasteiger partial charge on any atom is 0.268 e. The number of ether oxygens (including phenoxy) is 2. The topological polar surface area (TPSA) is 76.5 Å². The number of anilines is 2. The summed E-state index contributed by atoms with van der Waals surface area (Å²) in [5, 5.41) is 4.10. The van der Waals surface area contributed by atoms with Crippen molar-refractivity contribution >= 4 is 55.2 Å². The normalized spacial score (nSPS) is 17.2. The van der Waals surface area contributed by atoms with Crippen molar-refractivity contribution in [1.82, 2.24) is 19.9 Å². The van der Waals surface area contributed by atoms with Crippen molar-refractivity contribution in [1.29, 1.82) is 0 Å². The van der Waals surface area contributed by atoms with Gasteiger partial charge in [-0.2, -0.15) is 0 Å². The van der Waals surface area contributed by atoms with Crippen LogP contribution in [0.15, 0.2) is 121 Å². The van der Waals surface area contributed by atoms with Crippen molar-refractivity contribution < 1.29 is 9.47 Å². The molecule has 2 aliphatic heterocycles. The van der Waals surface area contributed by atoms with Crippen LogP contribution in [0.25, 0.3) is 43.6 Å². The van der Waals surface area contributed by atoms with Gasteiger partial charge in [0, 0.05) is 44.8 Å². The van der Waals surface area contributed by atoms with Crippen LogP contribution in [0.2, 0.25) is 0 Å². The zero-order chi connectivity index (χ0) is 31.8. The molecular formula is C38H34N6O2. The Morgan fingerprint density at radius 2 is 0.848 bits per heavy atom. The Kier molecular flexibility index (Phi) is 6.09. The van der Waals surface area contributed by atoms with E-state index in [0.29, 0.717) is 23.4 Å². The molecular weight excluding hydrogens is 572 g/mol. The first kappa shape index (κ1) is 28.0. The second-order valence-corrected chi connectivity index (χ2v) is 13.8. The maximum absolute atomic E-state index is 6.72. The Bertz CT molecular complexity index is 2150. The highest BCUT2D eigenvalue weighted by Gasteiger charge is 2.40. The number of fused-ring (bicyclic) bond motifs is 6. The molecule has 2 aromatic carbocycles. The average Bonchev–Trinajstić information content (AvgIpc) is 3.70. The molecule has 0 spiro atoms. The van der Waals surface area contributed by atoms with Crippen molar-refractivity contribution in [3.8, 4) is 0 Å². The largest absolute Gasteiger partial charge is 0.438 e. The highest BCUT2D eigenvalue weighted by Crippen LogP contribution is 2.44. The lowest BCUT2D eigenvalue weighted by molar-refractivity contribution is 0.186. The van der Waals surface area contributed by atoms with Crippen LogP contribution in [-0.2, 0) is 9.47 Å². The standard InChI is InChI=1S/C38H34N6O2/c1-37(2,3)27-21-43(29-17-15-25-13-11-23-9-7-19-39-31(23)33(25)41-29)35(45-27)36-44(22-28(46-36)38(4,5)6)30-18-16-26-14-12-24-10-8-20-40-32(24)34(26)42-30/h7-22H,1-6H3/b36-35+. The number of nitrogens with zero attached hydrogens (tertiary/aromatic N) is 6. The van der Waals surface area contributed by atoms with Crippen molar-refractivity contribution in [3.05, 3.63) is 121 Å². The van der Waals surface area contributed by atoms with Gasteiger partial charge in [-0.15, -0.1) is 0 Å². The molecule has 228 valence electrons. The van der Waals surface area contributed by atoms with Gasteiger partial charge in [0.05, 0.1) is 34.5 Å². The van der Waals surface area contributed by atoms with Crippen molar-refractivity contribution in [2.75, 3.05) is 9.80 Å². The fourth-order valence-electron chi connectivity index (χ4n) is 5.73. The molecule has 0 atom stereocenters. The fraction of sp³-hybridized carbons (Fsp3) is 0.211. The average molecular weight is 607 g/mol. The molecule has 0 bridgehead atoms. The molecule has 0 amide bonds. The van der Waals surface area contributed by atoms with E-state index in [0.717, 1.165) is 55.1 Å². The lowest BCUT2D eigenvalue weighted by atomic mass is 9.94. The first-order valence-corrected chi connectivity index (χ1v) is 15.5. The SMILES string of the molecule is CC(C)(C)C1=CN(c2ccc3ccc4cccnc4c3n2)/C(=C2\OC(C(C)(C)C)=CN2c2ccc3ccc4cccnc4c3n2)O1. The molecule has 6 heterocycles. The quantitative estimate of drug-likeness (QED) is 0.181. The van der Waals surface area contributed by atoms with Gasteiger partial charge >= 0.3 is 0 Å². The Morgan fingerprint density at radius 1 is 0.478 bits per heavy atom. The molecule has 0 fully saturated rings. The van der Waals surface area contributed by atoms with Gasteiger partial charge < -0.3 is 9.47 Å². The Balaban J connectivity index is 1.33. The molecule has 8 nitrogen and oxygen atoms in total. The molecule has 0 unspecified atom stereocenters. The van der Waals surface area contributed by atoms with E-state index in [1.165, 1.54) is 0 Å². The summed E-state index contributed by atoms with van der Waals surface area (Å²) in [7, 11) is 0. The second-order valence-electron chi connectivity index (χ2n) is 13.8. The number of hydrogen-bond acceptors (Lipinski definition) is 8. The van der Waals surface area contributed by atoms with Crippen LogP contribution in [0.1, 0.15) is 41.5 Å². The summed E-state index contributed by atoms with van der Waals surface area (Å²) >= 11 is 0. The van der Waals surface area contributed by atoms with E-state index in [1.54, 1.807) is 12.4 Å². The molecule has 0 N–H and O–H groups in total. The van der Waals surface area contributed by atoms with Crippen LogP contribution in [0.4, 0.5) is 11.6 Å². The Hall–Kier alpha value is -5.50. The van der Waals surface area contributed by atoms with E-state index in [9.17, 15) is 0 Å². The first-order chi connectivity index (χ1) is 22.0. The molecule has 8 rings (SSSR count). The smallest absolute Gasteiger partial charge is 0.268 e. The van der Waals surface area contributed by atoms with Gasteiger partial charge in [-0.3, -0.25) is 19.8 Å². The van der Waals surface area contributed by atoms with Gasteiger partial charge in [0.1, 0.15) is 23.2 Å². The van der Waals surface area contributed by atoms with Crippen molar-refractivity contribution in [2.45, 2.75) is 41.5 Å². The van der Waals surface area contributed by atoms with Crippen LogP contribution in [0, 0.1) is 10.8 Å². The monoisotopic (exact) mass is 606 g/mol. The molecule has 0 saturated carbocycles. The van der Waals surface area contributed by atoms with Crippen molar-refractivity contribution in [2.24, 2.45) is 10.8 Å². The number of allylic oxidation sites excluding steroid dienone is 2. The van der Waals surface area contributed by atoms with Gasteiger partial charge in [0.15, 0.2) is 0 Å².